The molecule has 0 radical (unpaired) electrons. The van der Waals surface area contributed by atoms with E-state index in [0.29, 0.717) is 10.8 Å². The van der Waals surface area contributed by atoms with Crippen molar-refractivity contribution < 1.29 is 13.6 Å². The molecule has 1 aliphatic rings. The molecule has 1 aliphatic carbocycles. The van der Waals surface area contributed by atoms with Crippen molar-refractivity contribution in [1.82, 2.24) is 5.32 Å². The molecule has 0 aromatic heterocycles. The highest BCUT2D eigenvalue weighted by Crippen LogP contribution is 2.32. The van der Waals surface area contributed by atoms with Crippen LogP contribution in [0.5, 0.6) is 0 Å². The number of hydrogen-bond acceptors (Lipinski definition) is 2. The third-order valence-corrected chi connectivity index (χ3v) is 4.02. The zero-order chi connectivity index (χ0) is 13.1. The fourth-order valence-corrected chi connectivity index (χ4v) is 2.48. The molecule has 1 N–H and O–H groups in total. The van der Waals surface area contributed by atoms with Gasteiger partial charge >= 0.3 is 0 Å². The molecule has 2 rings (SSSR count). The van der Waals surface area contributed by atoms with Gasteiger partial charge in [-0.25, -0.2) is 8.78 Å². The number of benzene rings is 1. The zero-order valence-electron chi connectivity index (χ0n) is 10.1. The molecule has 0 aliphatic heterocycles. The second-order valence-corrected chi connectivity index (χ2v) is 5.57. The number of nitrogens with one attached hydrogen (secondary N) is 1. The van der Waals surface area contributed by atoms with Crippen molar-refractivity contribution in [3.63, 3.8) is 0 Å². The summed E-state index contributed by atoms with van der Waals surface area (Å²) in [7, 11) is 0. The van der Waals surface area contributed by atoms with Gasteiger partial charge in [0, 0.05) is 17.0 Å². The van der Waals surface area contributed by atoms with E-state index in [0.717, 1.165) is 17.8 Å². The van der Waals surface area contributed by atoms with E-state index in [1.54, 1.807) is 0 Å². The second kappa shape index (κ2) is 5.69. The molecular weight excluding hydrogens is 256 g/mol. The van der Waals surface area contributed by atoms with E-state index in [1.165, 1.54) is 25.0 Å². The van der Waals surface area contributed by atoms with Crippen LogP contribution in [-0.2, 0) is 4.79 Å². The monoisotopic (exact) mass is 271 g/mol. The van der Waals surface area contributed by atoms with Gasteiger partial charge in [0.05, 0.1) is 5.75 Å². The SMILES string of the molecule is CC(NC(=O)CSc1ccc(F)cc1F)C1CC1. The Balaban J connectivity index is 1.81. The number of thioether (sulfide) groups is 1. The fourth-order valence-electron chi connectivity index (χ4n) is 1.75. The first-order valence-corrected chi connectivity index (χ1v) is 6.92. The number of carbonyl (C=O) groups is 1. The number of carbonyl (C=O) groups excluding carboxylic acids is 1. The molecule has 1 amide bonds. The Hall–Kier alpha value is -1.10. The summed E-state index contributed by atoms with van der Waals surface area (Å²) >= 11 is 1.08. The Kier molecular flexibility index (Phi) is 4.22. The summed E-state index contributed by atoms with van der Waals surface area (Å²) in [6.07, 6.45) is 2.34. The van der Waals surface area contributed by atoms with Gasteiger partial charge in [0.25, 0.3) is 0 Å². The minimum atomic E-state index is -0.622. The number of hydrogen-bond donors (Lipinski definition) is 1. The lowest BCUT2D eigenvalue weighted by Crippen LogP contribution is -2.35. The Bertz CT molecular complexity index is 449. The second-order valence-electron chi connectivity index (χ2n) is 4.56. The first kappa shape index (κ1) is 13.3. The number of rotatable bonds is 5. The van der Waals surface area contributed by atoms with Crippen LogP contribution in [0.25, 0.3) is 0 Å². The molecule has 0 saturated heterocycles. The molecule has 1 saturated carbocycles. The van der Waals surface area contributed by atoms with E-state index in [-0.39, 0.29) is 17.7 Å². The van der Waals surface area contributed by atoms with Crippen LogP contribution in [0.4, 0.5) is 8.78 Å². The molecule has 1 fully saturated rings. The minimum absolute atomic E-state index is 0.108. The molecule has 1 aromatic rings. The summed E-state index contributed by atoms with van der Waals surface area (Å²) in [5.41, 5.74) is 0. The van der Waals surface area contributed by atoms with E-state index in [2.05, 4.69) is 5.32 Å². The summed E-state index contributed by atoms with van der Waals surface area (Å²) in [6, 6.07) is 3.56. The molecule has 18 heavy (non-hydrogen) atoms. The van der Waals surface area contributed by atoms with E-state index in [4.69, 9.17) is 0 Å². The van der Waals surface area contributed by atoms with Gasteiger partial charge in [-0.2, -0.15) is 0 Å². The highest BCUT2D eigenvalue weighted by Gasteiger charge is 2.28. The molecule has 5 heteroatoms. The topological polar surface area (TPSA) is 29.1 Å². The summed E-state index contributed by atoms with van der Waals surface area (Å²) < 4.78 is 26.0. The lowest BCUT2D eigenvalue weighted by molar-refractivity contribution is -0.119. The molecule has 1 aromatic carbocycles. The molecule has 0 heterocycles. The quantitative estimate of drug-likeness (QED) is 0.834. The normalized spacial score (nSPS) is 16.4. The smallest absolute Gasteiger partial charge is 0.230 e. The summed E-state index contributed by atoms with van der Waals surface area (Å²) in [5, 5.41) is 2.89. The van der Waals surface area contributed by atoms with Gasteiger partial charge in [-0.1, -0.05) is 0 Å². The fraction of sp³-hybridized carbons (Fsp3) is 0.462. The van der Waals surface area contributed by atoms with Gasteiger partial charge in [-0.05, 0) is 37.8 Å². The first-order chi connectivity index (χ1) is 8.56. The molecule has 98 valence electrons. The molecule has 0 spiro atoms. The third-order valence-electron chi connectivity index (χ3n) is 2.97. The summed E-state index contributed by atoms with van der Waals surface area (Å²) in [4.78, 5) is 11.9. The molecule has 2 nitrogen and oxygen atoms in total. The highest BCUT2D eigenvalue weighted by atomic mass is 32.2. The van der Waals surface area contributed by atoms with E-state index in [9.17, 15) is 13.6 Å². The van der Waals surface area contributed by atoms with Crippen LogP contribution in [0, 0.1) is 17.6 Å². The van der Waals surface area contributed by atoms with Crippen LogP contribution < -0.4 is 5.32 Å². The Morgan fingerprint density at radius 1 is 1.50 bits per heavy atom. The van der Waals surface area contributed by atoms with E-state index < -0.39 is 11.6 Å². The summed E-state index contributed by atoms with van der Waals surface area (Å²) in [6.45, 7) is 1.98. The minimum Gasteiger partial charge on any atom is -0.353 e. The van der Waals surface area contributed by atoms with Crippen molar-refractivity contribution in [2.75, 3.05) is 5.75 Å². The van der Waals surface area contributed by atoms with Crippen molar-refractivity contribution >= 4 is 17.7 Å². The van der Waals surface area contributed by atoms with E-state index in [1.807, 2.05) is 6.92 Å². The Morgan fingerprint density at radius 2 is 2.22 bits per heavy atom. The predicted octanol–water partition coefficient (Wildman–Crippen LogP) is 2.97. The van der Waals surface area contributed by atoms with Crippen LogP contribution >= 0.6 is 11.8 Å². The highest BCUT2D eigenvalue weighted by molar-refractivity contribution is 8.00. The van der Waals surface area contributed by atoms with Crippen LogP contribution in [0.1, 0.15) is 19.8 Å². The van der Waals surface area contributed by atoms with Gasteiger partial charge in [-0.15, -0.1) is 11.8 Å². The van der Waals surface area contributed by atoms with Crippen LogP contribution in [-0.4, -0.2) is 17.7 Å². The predicted molar refractivity (Wildman–Crippen MR) is 67.4 cm³/mol. The molecular formula is C13H15F2NOS. The maximum Gasteiger partial charge on any atom is 0.230 e. The van der Waals surface area contributed by atoms with Gasteiger partial charge in [-0.3, -0.25) is 4.79 Å². The lowest BCUT2D eigenvalue weighted by atomic mass is 10.2. The molecule has 1 unspecified atom stereocenters. The maximum atomic E-state index is 13.3. The van der Waals surface area contributed by atoms with E-state index >= 15 is 0 Å². The van der Waals surface area contributed by atoms with Crippen molar-refractivity contribution in [2.24, 2.45) is 5.92 Å². The van der Waals surface area contributed by atoms with Crippen molar-refractivity contribution in [3.05, 3.63) is 29.8 Å². The zero-order valence-corrected chi connectivity index (χ0v) is 10.9. The number of halogens is 2. The third kappa shape index (κ3) is 3.70. The Morgan fingerprint density at radius 3 is 2.83 bits per heavy atom. The van der Waals surface area contributed by atoms with Crippen LogP contribution in [0.3, 0.4) is 0 Å². The number of amides is 1. The Labute approximate surface area is 109 Å². The van der Waals surface area contributed by atoms with Gasteiger partial charge in [0.15, 0.2) is 0 Å². The standard InChI is InChI=1S/C13H15F2NOS/c1-8(9-2-3-9)16-13(17)7-18-12-5-4-10(14)6-11(12)15/h4-6,8-9H,2-3,7H2,1H3,(H,16,17). The largest absolute Gasteiger partial charge is 0.353 e. The molecule has 0 bridgehead atoms. The lowest BCUT2D eigenvalue weighted by Gasteiger charge is -2.12. The average Bonchev–Trinajstić information content (AvgIpc) is 3.11. The molecule has 1 atom stereocenters. The van der Waals surface area contributed by atoms with Crippen LogP contribution in [0.2, 0.25) is 0 Å². The van der Waals surface area contributed by atoms with Gasteiger partial charge < -0.3 is 5.32 Å². The average molecular weight is 271 g/mol. The van der Waals surface area contributed by atoms with Gasteiger partial charge in [0.1, 0.15) is 11.6 Å². The van der Waals surface area contributed by atoms with Gasteiger partial charge in [0.2, 0.25) is 5.91 Å². The van der Waals surface area contributed by atoms with Crippen molar-refractivity contribution in [2.45, 2.75) is 30.7 Å². The maximum absolute atomic E-state index is 13.3. The summed E-state index contributed by atoms with van der Waals surface area (Å²) in [5.74, 6) is -0.587. The van der Waals surface area contributed by atoms with Crippen LogP contribution in [0.15, 0.2) is 23.1 Å². The van der Waals surface area contributed by atoms with Crippen molar-refractivity contribution in [1.29, 1.82) is 0 Å². The van der Waals surface area contributed by atoms with Crippen molar-refractivity contribution in [3.8, 4) is 0 Å². The first-order valence-electron chi connectivity index (χ1n) is 5.93.